The van der Waals surface area contributed by atoms with Crippen LogP contribution in [0.1, 0.15) is 57.9 Å². The summed E-state index contributed by atoms with van der Waals surface area (Å²) in [5.74, 6) is 2.80. The molecule has 1 fully saturated rings. The number of rotatable bonds is 12. The van der Waals surface area contributed by atoms with Crippen molar-refractivity contribution in [3.8, 4) is 11.5 Å². The van der Waals surface area contributed by atoms with Crippen LogP contribution in [0.25, 0.3) is 0 Å². The molecule has 1 aromatic carbocycles. The molecule has 1 aliphatic rings. The van der Waals surface area contributed by atoms with Crippen molar-refractivity contribution in [2.45, 2.75) is 58.9 Å². The largest absolute Gasteiger partial charge is 0.493 e. The smallest absolute Gasteiger partial charge is 0.127 e. The first-order valence-electron chi connectivity index (χ1n) is 8.92. The van der Waals surface area contributed by atoms with E-state index < -0.39 is 0 Å². The standard InChI is InChI=1S/C19H31NO2/c1-3-5-11-21-18-10-9-17(15-20-14-16-7-8-16)19(13-18)22-12-6-4-2/h9-10,13,16,20H,3-8,11-12,14-15H2,1-2H3. The molecule has 0 aromatic heterocycles. The van der Waals surface area contributed by atoms with Crippen molar-refractivity contribution in [2.75, 3.05) is 19.8 Å². The summed E-state index contributed by atoms with van der Waals surface area (Å²) in [5.41, 5.74) is 1.24. The number of nitrogens with one attached hydrogen (secondary N) is 1. The molecule has 0 unspecified atom stereocenters. The molecular weight excluding hydrogens is 274 g/mol. The third-order valence-electron chi connectivity index (χ3n) is 4.01. The maximum atomic E-state index is 5.98. The van der Waals surface area contributed by atoms with E-state index in [1.165, 1.54) is 18.4 Å². The van der Waals surface area contributed by atoms with Gasteiger partial charge in [0.25, 0.3) is 0 Å². The third kappa shape index (κ3) is 6.27. The quantitative estimate of drug-likeness (QED) is 0.575. The van der Waals surface area contributed by atoms with Gasteiger partial charge in [0.1, 0.15) is 11.5 Å². The first-order valence-corrected chi connectivity index (χ1v) is 8.92. The van der Waals surface area contributed by atoms with Crippen LogP contribution in [0.3, 0.4) is 0 Å². The maximum Gasteiger partial charge on any atom is 0.127 e. The van der Waals surface area contributed by atoms with E-state index in [2.05, 4.69) is 37.4 Å². The van der Waals surface area contributed by atoms with E-state index in [4.69, 9.17) is 9.47 Å². The average Bonchev–Trinajstić information content (AvgIpc) is 3.34. The Morgan fingerprint density at radius 1 is 1.05 bits per heavy atom. The molecule has 22 heavy (non-hydrogen) atoms. The summed E-state index contributed by atoms with van der Waals surface area (Å²) < 4.78 is 11.8. The number of hydrogen-bond donors (Lipinski definition) is 1. The fourth-order valence-corrected chi connectivity index (χ4v) is 2.30. The van der Waals surface area contributed by atoms with E-state index in [1.54, 1.807) is 0 Å². The van der Waals surface area contributed by atoms with Gasteiger partial charge in [-0.1, -0.05) is 32.8 Å². The van der Waals surface area contributed by atoms with Crippen LogP contribution in [0.15, 0.2) is 18.2 Å². The first-order chi connectivity index (χ1) is 10.8. The van der Waals surface area contributed by atoms with Gasteiger partial charge in [-0.25, -0.2) is 0 Å². The van der Waals surface area contributed by atoms with Gasteiger partial charge >= 0.3 is 0 Å². The zero-order chi connectivity index (χ0) is 15.6. The van der Waals surface area contributed by atoms with Crippen molar-refractivity contribution in [2.24, 2.45) is 5.92 Å². The van der Waals surface area contributed by atoms with Crippen molar-refractivity contribution in [3.05, 3.63) is 23.8 Å². The van der Waals surface area contributed by atoms with E-state index in [1.807, 2.05) is 0 Å². The van der Waals surface area contributed by atoms with Gasteiger partial charge in [-0.3, -0.25) is 0 Å². The molecule has 2 rings (SSSR count). The molecule has 3 heteroatoms. The molecule has 0 amide bonds. The first kappa shape index (κ1) is 17.1. The van der Waals surface area contributed by atoms with Crippen molar-refractivity contribution >= 4 is 0 Å². The highest BCUT2D eigenvalue weighted by molar-refractivity contribution is 5.40. The highest BCUT2D eigenvalue weighted by Gasteiger charge is 2.20. The molecule has 1 aliphatic carbocycles. The molecule has 0 aliphatic heterocycles. The highest BCUT2D eigenvalue weighted by atomic mass is 16.5. The summed E-state index contributed by atoms with van der Waals surface area (Å²) in [5, 5.41) is 3.55. The van der Waals surface area contributed by atoms with Gasteiger partial charge < -0.3 is 14.8 Å². The van der Waals surface area contributed by atoms with Crippen LogP contribution in [-0.4, -0.2) is 19.8 Å². The van der Waals surface area contributed by atoms with Crippen LogP contribution < -0.4 is 14.8 Å². The van der Waals surface area contributed by atoms with E-state index in [9.17, 15) is 0 Å². The topological polar surface area (TPSA) is 30.5 Å². The summed E-state index contributed by atoms with van der Waals surface area (Å²) in [4.78, 5) is 0. The van der Waals surface area contributed by atoms with E-state index in [0.29, 0.717) is 0 Å². The Labute approximate surface area is 135 Å². The average molecular weight is 305 g/mol. The SMILES string of the molecule is CCCCOc1ccc(CNCC2CC2)c(OCCCC)c1. The van der Waals surface area contributed by atoms with Gasteiger partial charge in [0.2, 0.25) is 0 Å². The molecule has 0 saturated heterocycles. The Morgan fingerprint density at radius 2 is 1.77 bits per heavy atom. The molecule has 0 radical (unpaired) electrons. The zero-order valence-corrected chi connectivity index (χ0v) is 14.2. The Kier molecular flexibility index (Phi) is 7.58. The third-order valence-corrected chi connectivity index (χ3v) is 4.01. The zero-order valence-electron chi connectivity index (χ0n) is 14.2. The summed E-state index contributed by atoms with van der Waals surface area (Å²) in [7, 11) is 0. The molecular formula is C19H31NO2. The van der Waals surface area contributed by atoms with Crippen molar-refractivity contribution in [3.63, 3.8) is 0 Å². The minimum Gasteiger partial charge on any atom is -0.493 e. The van der Waals surface area contributed by atoms with Gasteiger partial charge in [0.15, 0.2) is 0 Å². The second-order valence-electron chi connectivity index (χ2n) is 6.25. The predicted octanol–water partition coefficient (Wildman–Crippen LogP) is 4.54. The maximum absolute atomic E-state index is 5.98. The van der Waals surface area contributed by atoms with Crippen LogP contribution in [-0.2, 0) is 6.54 Å². The van der Waals surface area contributed by atoms with Crippen LogP contribution in [0, 0.1) is 5.92 Å². The van der Waals surface area contributed by atoms with Crippen molar-refractivity contribution in [1.29, 1.82) is 0 Å². The van der Waals surface area contributed by atoms with Crippen LogP contribution in [0.4, 0.5) is 0 Å². The van der Waals surface area contributed by atoms with Gasteiger partial charge in [0.05, 0.1) is 13.2 Å². The minimum atomic E-state index is 0.782. The van der Waals surface area contributed by atoms with Crippen LogP contribution >= 0.6 is 0 Å². The Balaban J connectivity index is 1.91. The van der Waals surface area contributed by atoms with Gasteiger partial charge in [-0.15, -0.1) is 0 Å². The molecule has 124 valence electrons. The molecule has 0 spiro atoms. The Hall–Kier alpha value is -1.22. The summed E-state index contributed by atoms with van der Waals surface area (Å²) >= 11 is 0. The van der Waals surface area contributed by atoms with E-state index in [-0.39, 0.29) is 0 Å². The summed E-state index contributed by atoms with van der Waals surface area (Å²) in [6.07, 6.45) is 7.27. The molecule has 1 saturated carbocycles. The lowest BCUT2D eigenvalue weighted by molar-refractivity contribution is 0.291. The molecule has 0 heterocycles. The summed E-state index contributed by atoms with van der Waals surface area (Å²) in [6.45, 7) is 7.94. The van der Waals surface area contributed by atoms with Gasteiger partial charge in [-0.05, 0) is 44.2 Å². The normalized spacial score (nSPS) is 14.1. The predicted molar refractivity (Wildman–Crippen MR) is 91.7 cm³/mol. The molecule has 1 N–H and O–H groups in total. The Morgan fingerprint density at radius 3 is 2.45 bits per heavy atom. The van der Waals surface area contributed by atoms with E-state index in [0.717, 1.165) is 69.4 Å². The van der Waals surface area contributed by atoms with Crippen molar-refractivity contribution in [1.82, 2.24) is 5.32 Å². The molecule has 1 aromatic rings. The minimum absolute atomic E-state index is 0.782. The second kappa shape index (κ2) is 9.73. The fourth-order valence-electron chi connectivity index (χ4n) is 2.30. The number of hydrogen-bond acceptors (Lipinski definition) is 3. The molecule has 0 bridgehead atoms. The lowest BCUT2D eigenvalue weighted by Crippen LogP contribution is -2.17. The number of benzene rings is 1. The van der Waals surface area contributed by atoms with E-state index >= 15 is 0 Å². The lowest BCUT2D eigenvalue weighted by atomic mass is 10.2. The summed E-state index contributed by atoms with van der Waals surface area (Å²) in [6, 6.07) is 6.26. The van der Waals surface area contributed by atoms with Crippen molar-refractivity contribution < 1.29 is 9.47 Å². The Bertz CT molecular complexity index is 429. The van der Waals surface area contributed by atoms with Crippen LogP contribution in [0.5, 0.6) is 11.5 Å². The number of unbranched alkanes of at least 4 members (excludes halogenated alkanes) is 2. The highest BCUT2D eigenvalue weighted by Crippen LogP contribution is 2.29. The molecule has 0 atom stereocenters. The second-order valence-corrected chi connectivity index (χ2v) is 6.25. The molecule has 3 nitrogen and oxygen atoms in total. The van der Waals surface area contributed by atoms with Gasteiger partial charge in [0, 0.05) is 18.2 Å². The van der Waals surface area contributed by atoms with Crippen LogP contribution in [0.2, 0.25) is 0 Å². The van der Waals surface area contributed by atoms with Gasteiger partial charge in [-0.2, -0.15) is 0 Å². The fraction of sp³-hybridized carbons (Fsp3) is 0.684. The number of ether oxygens (including phenoxy) is 2. The monoisotopic (exact) mass is 305 g/mol. The lowest BCUT2D eigenvalue weighted by Gasteiger charge is -2.14.